The summed E-state index contributed by atoms with van der Waals surface area (Å²) in [5.41, 5.74) is 0.443. The third-order valence-electron chi connectivity index (χ3n) is 2.27. The van der Waals surface area contributed by atoms with E-state index in [9.17, 15) is 4.79 Å². The Labute approximate surface area is 104 Å². The van der Waals surface area contributed by atoms with Gasteiger partial charge in [0.1, 0.15) is 11.6 Å². The second-order valence-electron chi connectivity index (χ2n) is 3.64. The van der Waals surface area contributed by atoms with Gasteiger partial charge in [0.2, 0.25) is 5.89 Å². The van der Waals surface area contributed by atoms with Gasteiger partial charge in [0.15, 0.2) is 0 Å². The molecule has 0 bridgehead atoms. The van der Waals surface area contributed by atoms with Crippen LogP contribution < -0.4 is 5.32 Å². The quantitative estimate of drug-likeness (QED) is 0.830. The summed E-state index contributed by atoms with van der Waals surface area (Å²) in [5, 5.41) is 3.02. The number of pyridine rings is 1. The number of hydrogen-bond acceptors (Lipinski definition) is 6. The molecule has 2 heterocycles. The Hall–Kier alpha value is -2.37. The first-order valence-electron chi connectivity index (χ1n) is 5.38. The lowest BCUT2D eigenvalue weighted by Gasteiger charge is -2.04. The molecule has 0 unspecified atom stereocenters. The Balaban J connectivity index is 2.03. The highest BCUT2D eigenvalue weighted by Gasteiger charge is 2.07. The number of oxazole rings is 1. The van der Waals surface area contributed by atoms with Gasteiger partial charge in [0, 0.05) is 6.20 Å². The number of esters is 1. The van der Waals surface area contributed by atoms with Gasteiger partial charge in [-0.3, -0.25) is 0 Å². The van der Waals surface area contributed by atoms with Crippen LogP contribution in [0.1, 0.15) is 22.0 Å². The number of ether oxygens (including phenoxy) is 1. The lowest BCUT2D eigenvalue weighted by atomic mass is 10.2. The Morgan fingerprint density at radius 3 is 3.00 bits per heavy atom. The molecule has 94 valence electrons. The zero-order valence-corrected chi connectivity index (χ0v) is 10.1. The minimum absolute atomic E-state index is 0.396. The molecule has 18 heavy (non-hydrogen) atoms. The van der Waals surface area contributed by atoms with Gasteiger partial charge < -0.3 is 14.5 Å². The number of aryl methyl sites for hydroxylation is 1. The van der Waals surface area contributed by atoms with Crippen LogP contribution in [0.2, 0.25) is 0 Å². The number of methoxy groups -OCH3 is 1. The van der Waals surface area contributed by atoms with Crippen molar-refractivity contribution in [2.75, 3.05) is 12.4 Å². The van der Waals surface area contributed by atoms with Crippen molar-refractivity contribution in [1.29, 1.82) is 0 Å². The van der Waals surface area contributed by atoms with Gasteiger partial charge >= 0.3 is 5.97 Å². The Bertz CT molecular complexity index is 551. The molecule has 0 saturated heterocycles. The molecule has 2 rings (SSSR count). The molecule has 0 aromatic carbocycles. The van der Waals surface area contributed by atoms with Gasteiger partial charge in [-0.15, -0.1) is 0 Å². The summed E-state index contributed by atoms with van der Waals surface area (Å²) in [6.07, 6.45) is 3.19. The molecule has 0 saturated carbocycles. The van der Waals surface area contributed by atoms with E-state index in [1.54, 1.807) is 18.3 Å². The van der Waals surface area contributed by atoms with E-state index >= 15 is 0 Å². The van der Waals surface area contributed by atoms with Crippen molar-refractivity contribution < 1.29 is 13.9 Å². The number of aromatic nitrogens is 2. The zero-order valence-electron chi connectivity index (χ0n) is 10.1. The molecular formula is C12H13N3O3. The van der Waals surface area contributed by atoms with E-state index in [4.69, 9.17) is 4.42 Å². The maximum Gasteiger partial charge on any atom is 0.338 e. The highest BCUT2D eigenvalue weighted by Crippen LogP contribution is 2.10. The highest BCUT2D eigenvalue weighted by atomic mass is 16.5. The van der Waals surface area contributed by atoms with Gasteiger partial charge in [0.25, 0.3) is 0 Å². The van der Waals surface area contributed by atoms with Crippen LogP contribution >= 0.6 is 0 Å². The average molecular weight is 247 g/mol. The maximum atomic E-state index is 11.3. The molecule has 0 aliphatic heterocycles. The number of anilines is 1. The molecule has 2 aromatic rings. The number of nitrogens with one attached hydrogen (secondary N) is 1. The van der Waals surface area contributed by atoms with Gasteiger partial charge in [-0.25, -0.2) is 14.8 Å². The molecule has 0 atom stereocenters. The van der Waals surface area contributed by atoms with E-state index in [1.165, 1.54) is 13.3 Å². The van der Waals surface area contributed by atoms with E-state index in [0.29, 0.717) is 23.8 Å². The van der Waals surface area contributed by atoms with Crippen LogP contribution in [0.25, 0.3) is 0 Å². The van der Waals surface area contributed by atoms with Crippen LogP contribution in [0, 0.1) is 6.92 Å². The van der Waals surface area contributed by atoms with Gasteiger partial charge in [-0.1, -0.05) is 0 Å². The number of hydrogen-bond donors (Lipinski definition) is 1. The minimum atomic E-state index is -0.396. The van der Waals surface area contributed by atoms with Crippen LogP contribution in [0.4, 0.5) is 5.82 Å². The third-order valence-corrected chi connectivity index (χ3v) is 2.27. The Kier molecular flexibility index (Phi) is 3.57. The molecule has 1 N–H and O–H groups in total. The standard InChI is InChI=1S/C12H13N3O3/c1-8-6-15-11(18-8)7-14-10-5-9(3-4-13-10)12(16)17-2/h3-6H,7H2,1-2H3,(H,13,14). The summed E-state index contributed by atoms with van der Waals surface area (Å²) in [5.74, 6) is 1.49. The van der Waals surface area contributed by atoms with Crippen LogP contribution in [-0.2, 0) is 11.3 Å². The van der Waals surface area contributed by atoms with Crippen molar-refractivity contribution >= 4 is 11.8 Å². The van der Waals surface area contributed by atoms with Gasteiger partial charge in [-0.2, -0.15) is 0 Å². The Morgan fingerprint density at radius 2 is 2.33 bits per heavy atom. The van der Waals surface area contributed by atoms with E-state index in [1.807, 2.05) is 6.92 Å². The first-order valence-corrected chi connectivity index (χ1v) is 5.38. The SMILES string of the molecule is COC(=O)c1ccnc(NCc2ncc(C)o2)c1. The van der Waals surface area contributed by atoms with E-state index < -0.39 is 5.97 Å². The van der Waals surface area contributed by atoms with Crippen molar-refractivity contribution in [1.82, 2.24) is 9.97 Å². The molecule has 0 spiro atoms. The van der Waals surface area contributed by atoms with Gasteiger partial charge in [0.05, 0.1) is 25.4 Å². The number of nitrogens with zero attached hydrogens (tertiary/aromatic N) is 2. The second kappa shape index (κ2) is 5.31. The zero-order chi connectivity index (χ0) is 13.0. The summed E-state index contributed by atoms with van der Waals surface area (Å²) in [6, 6.07) is 3.20. The van der Waals surface area contributed by atoms with Crippen molar-refractivity contribution in [3.05, 3.63) is 41.7 Å². The molecule has 0 fully saturated rings. The maximum absolute atomic E-state index is 11.3. The molecule has 2 aromatic heterocycles. The van der Waals surface area contributed by atoms with Crippen molar-refractivity contribution in [3.8, 4) is 0 Å². The summed E-state index contributed by atoms with van der Waals surface area (Å²) >= 11 is 0. The summed E-state index contributed by atoms with van der Waals surface area (Å²) < 4.78 is 9.94. The van der Waals surface area contributed by atoms with Crippen LogP contribution in [-0.4, -0.2) is 23.0 Å². The van der Waals surface area contributed by atoms with Crippen molar-refractivity contribution in [3.63, 3.8) is 0 Å². The highest BCUT2D eigenvalue weighted by molar-refractivity contribution is 5.89. The first kappa shape index (κ1) is 12.1. The fourth-order valence-electron chi connectivity index (χ4n) is 1.42. The topological polar surface area (TPSA) is 77.2 Å². The molecular weight excluding hydrogens is 234 g/mol. The number of carbonyl (C=O) groups excluding carboxylic acids is 1. The van der Waals surface area contributed by atoms with E-state index in [0.717, 1.165) is 5.76 Å². The second-order valence-corrected chi connectivity index (χ2v) is 3.64. The van der Waals surface area contributed by atoms with Crippen molar-refractivity contribution in [2.24, 2.45) is 0 Å². The lowest BCUT2D eigenvalue weighted by molar-refractivity contribution is 0.0600. The summed E-state index contributed by atoms with van der Waals surface area (Å²) in [6.45, 7) is 2.23. The Morgan fingerprint density at radius 1 is 1.50 bits per heavy atom. The molecule has 0 amide bonds. The largest absolute Gasteiger partial charge is 0.465 e. The first-order chi connectivity index (χ1) is 8.69. The molecule has 6 nitrogen and oxygen atoms in total. The average Bonchev–Trinajstić information content (AvgIpc) is 2.81. The smallest absolute Gasteiger partial charge is 0.338 e. The fraction of sp³-hybridized carbons (Fsp3) is 0.250. The van der Waals surface area contributed by atoms with E-state index in [-0.39, 0.29) is 0 Å². The molecule has 0 aliphatic rings. The number of rotatable bonds is 4. The van der Waals surface area contributed by atoms with Crippen LogP contribution in [0.5, 0.6) is 0 Å². The monoisotopic (exact) mass is 247 g/mol. The van der Waals surface area contributed by atoms with Gasteiger partial charge in [-0.05, 0) is 19.1 Å². The molecule has 0 aliphatic carbocycles. The van der Waals surface area contributed by atoms with Crippen LogP contribution in [0.15, 0.2) is 28.9 Å². The fourth-order valence-corrected chi connectivity index (χ4v) is 1.42. The summed E-state index contributed by atoms with van der Waals surface area (Å²) in [7, 11) is 1.34. The minimum Gasteiger partial charge on any atom is -0.465 e. The predicted octanol–water partition coefficient (Wildman–Crippen LogP) is 1.78. The van der Waals surface area contributed by atoms with E-state index in [2.05, 4.69) is 20.0 Å². The summed E-state index contributed by atoms with van der Waals surface area (Å²) in [4.78, 5) is 19.5. The predicted molar refractivity (Wildman–Crippen MR) is 64.1 cm³/mol. The normalized spacial score (nSPS) is 10.1. The lowest BCUT2D eigenvalue weighted by Crippen LogP contribution is -2.05. The third kappa shape index (κ3) is 2.85. The van der Waals surface area contributed by atoms with Crippen LogP contribution in [0.3, 0.4) is 0 Å². The molecule has 6 heteroatoms. The number of carbonyl (C=O) groups is 1. The van der Waals surface area contributed by atoms with Crippen molar-refractivity contribution in [2.45, 2.75) is 13.5 Å². The molecule has 0 radical (unpaired) electrons.